The van der Waals surface area contributed by atoms with E-state index < -0.39 is 0 Å². The fourth-order valence-corrected chi connectivity index (χ4v) is 9.96. The molecule has 2 heterocycles. The molecule has 2 aliphatic heterocycles. The highest BCUT2D eigenvalue weighted by Crippen LogP contribution is 2.47. The standard InChI is InChI=1S/C63H97N3O14/c1-62(2)54-18-10-12-20-56(54)65(5)58(62)25-23-52-16-15-17-53(24-26-59-63(3,4)55-19-11-13-21-57(55)66(59)6)61(52)64-27-14-8-9-22-60(67)80-51-50-79-49-48-78-47-46-77-45-44-76-43-42-75-41-40-74-39-38-73-37-36-72-35-34-71-33-32-70-31-30-69-29-28-68-7/h10-13,18-21,23-26H,8-9,14-17,22,27-51H2,1-7H3/p+1. The summed E-state index contributed by atoms with van der Waals surface area (Å²) in [5.74, 6) is -0.191. The van der Waals surface area contributed by atoms with Crippen molar-refractivity contribution in [2.45, 2.75) is 83.5 Å². The summed E-state index contributed by atoms with van der Waals surface area (Å²) in [5.41, 5.74) is 11.6. The minimum atomic E-state index is -0.191. The maximum atomic E-state index is 12.5. The summed E-state index contributed by atoms with van der Waals surface area (Å²) < 4.78 is 73.3. The second-order valence-electron chi connectivity index (χ2n) is 20.8. The van der Waals surface area contributed by atoms with E-state index in [0.717, 1.165) is 45.1 Å². The molecular formula is C63H98N3O14+. The molecule has 0 unspecified atom stereocenters. The van der Waals surface area contributed by atoms with Crippen LogP contribution >= 0.6 is 0 Å². The van der Waals surface area contributed by atoms with Crippen molar-refractivity contribution in [3.05, 3.63) is 107 Å². The van der Waals surface area contributed by atoms with Crippen LogP contribution in [0, 0.1) is 0 Å². The highest BCUT2D eigenvalue weighted by Gasteiger charge is 2.43. The van der Waals surface area contributed by atoms with Gasteiger partial charge in [0.1, 0.15) is 13.7 Å². The lowest BCUT2D eigenvalue weighted by Gasteiger charge is -2.25. The van der Waals surface area contributed by atoms with Gasteiger partial charge in [-0.25, -0.2) is 0 Å². The van der Waals surface area contributed by atoms with Gasteiger partial charge in [-0.3, -0.25) is 4.79 Å². The van der Waals surface area contributed by atoms with E-state index in [0.29, 0.717) is 158 Å². The number of allylic oxidation sites excluding steroid dienone is 7. The molecule has 3 aliphatic rings. The molecule has 0 spiro atoms. The zero-order chi connectivity index (χ0) is 56.9. The van der Waals surface area contributed by atoms with Crippen LogP contribution in [-0.2, 0) is 77.2 Å². The van der Waals surface area contributed by atoms with E-state index in [1.807, 2.05) is 0 Å². The van der Waals surface area contributed by atoms with Crippen molar-refractivity contribution < 1.29 is 70.9 Å². The van der Waals surface area contributed by atoms with Crippen molar-refractivity contribution in [1.29, 1.82) is 0 Å². The number of hydrogen-bond donors (Lipinski definition) is 1. The first-order valence-corrected chi connectivity index (χ1v) is 29.2. The summed E-state index contributed by atoms with van der Waals surface area (Å²) in [6, 6.07) is 17.5. The van der Waals surface area contributed by atoms with Gasteiger partial charge in [0.15, 0.2) is 5.71 Å². The molecule has 17 nitrogen and oxygen atoms in total. The topological polar surface area (TPSA) is 155 Å². The highest BCUT2D eigenvalue weighted by atomic mass is 16.6. The minimum absolute atomic E-state index is 0.0937. The Morgan fingerprint density at radius 2 is 1.01 bits per heavy atom. The predicted octanol–water partition coefficient (Wildman–Crippen LogP) is 8.45. The summed E-state index contributed by atoms with van der Waals surface area (Å²) in [6.45, 7) is 21.7. The van der Waals surface area contributed by atoms with Crippen molar-refractivity contribution in [2.24, 2.45) is 0 Å². The summed E-state index contributed by atoms with van der Waals surface area (Å²) in [6.07, 6.45) is 15.6. The van der Waals surface area contributed by atoms with Crippen LogP contribution in [0.4, 0.5) is 11.4 Å². The van der Waals surface area contributed by atoms with Gasteiger partial charge < -0.3 is 71.8 Å². The lowest BCUT2D eigenvalue weighted by molar-refractivity contribution is -0.401. The number of para-hydroxylation sites is 2. The van der Waals surface area contributed by atoms with Gasteiger partial charge in [0.2, 0.25) is 5.69 Å². The number of esters is 1. The number of hydrogen-bond acceptors (Lipinski definition) is 16. The largest absolute Gasteiger partial charge is 0.463 e. The second-order valence-corrected chi connectivity index (χ2v) is 20.8. The van der Waals surface area contributed by atoms with Gasteiger partial charge in [0, 0.05) is 67.3 Å². The minimum Gasteiger partial charge on any atom is -0.463 e. The fraction of sp³-hybridized carbons (Fsp3) is 0.651. The Kier molecular flexibility index (Phi) is 32.6. The third-order valence-electron chi connectivity index (χ3n) is 14.3. The smallest absolute Gasteiger partial charge is 0.305 e. The number of nitrogens with zero attached hydrogens (tertiary/aromatic N) is 2. The zero-order valence-corrected chi connectivity index (χ0v) is 49.7. The average Bonchev–Trinajstić information content (AvgIpc) is 3.79. The van der Waals surface area contributed by atoms with Gasteiger partial charge in [-0.1, -0.05) is 68.8 Å². The second kappa shape index (κ2) is 39.2. The van der Waals surface area contributed by atoms with E-state index in [2.05, 4.69) is 129 Å². The lowest BCUT2D eigenvalue weighted by Crippen LogP contribution is -2.27. The molecule has 448 valence electrons. The number of ether oxygens (including phenoxy) is 13. The van der Waals surface area contributed by atoms with Gasteiger partial charge in [-0.2, -0.15) is 4.58 Å². The molecule has 0 atom stereocenters. The van der Waals surface area contributed by atoms with Crippen LogP contribution < -0.4 is 10.2 Å². The van der Waals surface area contributed by atoms with Gasteiger partial charge in [-0.15, -0.1) is 0 Å². The van der Waals surface area contributed by atoms with E-state index in [-0.39, 0.29) is 23.4 Å². The summed E-state index contributed by atoms with van der Waals surface area (Å²) in [5, 5.41) is 3.89. The Balaban J connectivity index is 0.824. The SMILES string of the molecule is COCCOCCOCCOCCOCCOCCOCCOCCOCCOCCOCCOCCOC(=O)CCCCCNC1=C(C=CC2=[N+](C)c3ccccc3C2(C)C)CCCC1=CC=C1N(C)c2ccccc2C1(C)C. The van der Waals surface area contributed by atoms with Crippen LogP contribution in [0.3, 0.4) is 0 Å². The molecule has 0 radical (unpaired) electrons. The van der Waals surface area contributed by atoms with Crippen LogP contribution in [0.15, 0.2) is 95.4 Å². The number of rotatable bonds is 46. The summed E-state index contributed by atoms with van der Waals surface area (Å²) in [4.78, 5) is 14.9. The molecular weight excluding hydrogens is 1020 g/mol. The van der Waals surface area contributed by atoms with Gasteiger partial charge in [0.25, 0.3) is 0 Å². The maximum absolute atomic E-state index is 12.5. The molecule has 2 aromatic carbocycles. The Hall–Kier alpha value is -4.34. The third-order valence-corrected chi connectivity index (χ3v) is 14.3. The summed E-state index contributed by atoms with van der Waals surface area (Å²) in [7, 11) is 6.01. The van der Waals surface area contributed by atoms with Gasteiger partial charge in [-0.05, 0) is 74.8 Å². The average molecular weight is 1120 g/mol. The Morgan fingerprint density at radius 3 is 1.50 bits per heavy atom. The van der Waals surface area contributed by atoms with Crippen LogP contribution in [0.2, 0.25) is 0 Å². The third kappa shape index (κ3) is 23.5. The fourth-order valence-electron chi connectivity index (χ4n) is 9.96. The van der Waals surface area contributed by atoms with E-state index in [4.69, 9.17) is 61.6 Å². The zero-order valence-electron chi connectivity index (χ0n) is 49.7. The number of methoxy groups -OCH3 is 1. The van der Waals surface area contributed by atoms with Crippen molar-refractivity contribution >= 4 is 23.1 Å². The van der Waals surface area contributed by atoms with Crippen LogP contribution in [0.1, 0.15) is 83.8 Å². The molecule has 0 amide bonds. The lowest BCUT2D eigenvalue weighted by atomic mass is 9.81. The van der Waals surface area contributed by atoms with Gasteiger partial charge >= 0.3 is 5.97 Å². The van der Waals surface area contributed by atoms with E-state index in [1.54, 1.807) is 7.11 Å². The number of fused-ring (bicyclic) bond motifs is 2. The monoisotopic (exact) mass is 1120 g/mol. The molecule has 0 bridgehead atoms. The van der Waals surface area contributed by atoms with Crippen LogP contribution in [0.25, 0.3) is 0 Å². The van der Waals surface area contributed by atoms with E-state index in [9.17, 15) is 4.79 Å². The molecule has 0 saturated heterocycles. The number of benzene rings is 2. The molecule has 0 aromatic heterocycles. The number of anilines is 1. The summed E-state index contributed by atoms with van der Waals surface area (Å²) >= 11 is 0. The first kappa shape index (κ1) is 66.5. The molecule has 1 N–H and O–H groups in total. The van der Waals surface area contributed by atoms with Crippen LogP contribution in [-0.4, -0.2) is 203 Å². The van der Waals surface area contributed by atoms with Crippen molar-refractivity contribution in [1.82, 2.24) is 5.32 Å². The number of carbonyl (C=O) groups is 1. The number of unbranched alkanes of at least 4 members (excludes halogenated alkanes) is 2. The Bertz CT molecular complexity index is 2220. The van der Waals surface area contributed by atoms with E-state index >= 15 is 0 Å². The van der Waals surface area contributed by atoms with Crippen molar-refractivity contribution in [3.63, 3.8) is 0 Å². The number of carbonyl (C=O) groups excluding carboxylic acids is 1. The first-order valence-electron chi connectivity index (χ1n) is 29.2. The van der Waals surface area contributed by atoms with Crippen molar-refractivity contribution in [2.75, 3.05) is 191 Å². The molecule has 0 fully saturated rings. The molecule has 80 heavy (non-hydrogen) atoms. The highest BCUT2D eigenvalue weighted by molar-refractivity contribution is 6.03. The molecule has 5 rings (SSSR count). The van der Waals surface area contributed by atoms with Crippen molar-refractivity contribution in [3.8, 4) is 0 Å². The number of nitrogens with one attached hydrogen (secondary N) is 1. The van der Waals surface area contributed by atoms with E-state index in [1.165, 1.54) is 50.8 Å². The Labute approximate surface area is 478 Å². The maximum Gasteiger partial charge on any atom is 0.305 e. The molecule has 1 aliphatic carbocycles. The predicted molar refractivity (Wildman–Crippen MR) is 313 cm³/mol. The first-order chi connectivity index (χ1) is 39.1. The normalized spacial score (nSPS) is 16.7. The van der Waals surface area contributed by atoms with Crippen LogP contribution in [0.5, 0.6) is 0 Å². The molecule has 2 aromatic rings. The molecule has 0 saturated carbocycles. The Morgan fingerprint density at radius 1 is 0.550 bits per heavy atom. The number of likely N-dealkylation sites (N-methyl/N-ethyl adjacent to an activating group) is 1. The quantitative estimate of drug-likeness (QED) is 0.0383. The molecule has 17 heteroatoms. The van der Waals surface area contributed by atoms with Gasteiger partial charge in [0.05, 0.1) is 157 Å².